The van der Waals surface area contributed by atoms with Gasteiger partial charge in [0.25, 0.3) is 5.91 Å². The second-order valence-electron chi connectivity index (χ2n) is 3.49. The van der Waals surface area contributed by atoms with Crippen LogP contribution in [0.3, 0.4) is 0 Å². The molecule has 1 N–H and O–H groups in total. The standard InChI is InChI=1S/C11H12F3NO2/c1-8-2-4-9(5-3-8)17-6-10(16)15-7-11(12,13)14/h2-5H,6-7H2,1H3,(H,15,16). The zero-order chi connectivity index (χ0) is 12.9. The minimum Gasteiger partial charge on any atom is -0.484 e. The normalized spacial score (nSPS) is 11.1. The lowest BCUT2D eigenvalue weighted by Crippen LogP contribution is -2.36. The van der Waals surface area contributed by atoms with Crippen LogP contribution in [0, 0.1) is 6.92 Å². The fourth-order valence-electron chi connectivity index (χ4n) is 1.03. The van der Waals surface area contributed by atoms with Gasteiger partial charge in [-0.25, -0.2) is 0 Å². The Morgan fingerprint density at radius 2 is 1.88 bits per heavy atom. The van der Waals surface area contributed by atoms with Gasteiger partial charge >= 0.3 is 6.18 Å². The summed E-state index contributed by atoms with van der Waals surface area (Å²) in [4.78, 5) is 11.0. The molecule has 0 saturated heterocycles. The number of alkyl halides is 3. The van der Waals surface area contributed by atoms with Gasteiger partial charge in [-0.2, -0.15) is 13.2 Å². The number of amides is 1. The topological polar surface area (TPSA) is 38.3 Å². The zero-order valence-corrected chi connectivity index (χ0v) is 9.17. The quantitative estimate of drug-likeness (QED) is 0.884. The van der Waals surface area contributed by atoms with Crippen LogP contribution in [0.25, 0.3) is 0 Å². The van der Waals surface area contributed by atoms with Crippen molar-refractivity contribution in [3.8, 4) is 5.75 Å². The molecule has 3 nitrogen and oxygen atoms in total. The molecule has 17 heavy (non-hydrogen) atoms. The summed E-state index contributed by atoms with van der Waals surface area (Å²) in [6, 6.07) is 6.85. The van der Waals surface area contributed by atoms with Crippen LogP contribution in [-0.2, 0) is 4.79 Å². The first-order valence-electron chi connectivity index (χ1n) is 4.90. The molecule has 0 atom stereocenters. The van der Waals surface area contributed by atoms with Crippen LogP contribution in [0.4, 0.5) is 13.2 Å². The van der Waals surface area contributed by atoms with Crippen molar-refractivity contribution < 1.29 is 22.7 Å². The average molecular weight is 247 g/mol. The summed E-state index contributed by atoms with van der Waals surface area (Å²) >= 11 is 0. The first kappa shape index (κ1) is 13.3. The molecule has 0 aliphatic heterocycles. The maximum Gasteiger partial charge on any atom is 0.405 e. The highest BCUT2D eigenvalue weighted by Gasteiger charge is 2.27. The van der Waals surface area contributed by atoms with E-state index in [0.29, 0.717) is 5.75 Å². The lowest BCUT2D eigenvalue weighted by molar-refractivity contribution is -0.139. The van der Waals surface area contributed by atoms with Gasteiger partial charge in [-0.05, 0) is 19.1 Å². The Morgan fingerprint density at radius 3 is 2.41 bits per heavy atom. The van der Waals surface area contributed by atoms with Gasteiger partial charge in [0.2, 0.25) is 0 Å². The van der Waals surface area contributed by atoms with Crippen molar-refractivity contribution in [1.29, 1.82) is 0 Å². The Kier molecular flexibility index (Phi) is 4.37. The van der Waals surface area contributed by atoms with Crippen molar-refractivity contribution >= 4 is 5.91 Å². The van der Waals surface area contributed by atoms with Gasteiger partial charge in [0.05, 0.1) is 0 Å². The maximum atomic E-state index is 11.8. The first-order valence-corrected chi connectivity index (χ1v) is 4.90. The van der Waals surface area contributed by atoms with Gasteiger partial charge in [0, 0.05) is 0 Å². The summed E-state index contributed by atoms with van der Waals surface area (Å²) in [6.45, 7) is 0.113. The molecular weight excluding hydrogens is 235 g/mol. The van der Waals surface area contributed by atoms with E-state index in [1.54, 1.807) is 29.6 Å². The molecule has 94 valence electrons. The number of rotatable bonds is 4. The molecule has 6 heteroatoms. The second kappa shape index (κ2) is 5.56. The van der Waals surface area contributed by atoms with Gasteiger partial charge in [0.1, 0.15) is 12.3 Å². The lowest BCUT2D eigenvalue weighted by atomic mass is 10.2. The first-order chi connectivity index (χ1) is 7.87. The molecule has 0 radical (unpaired) electrons. The van der Waals surface area contributed by atoms with E-state index >= 15 is 0 Å². The molecule has 0 unspecified atom stereocenters. The molecule has 0 aromatic heterocycles. The third kappa shape index (κ3) is 5.79. The van der Waals surface area contributed by atoms with Gasteiger partial charge in [-0.1, -0.05) is 17.7 Å². The average Bonchev–Trinajstić information content (AvgIpc) is 2.25. The fourth-order valence-corrected chi connectivity index (χ4v) is 1.03. The number of benzene rings is 1. The minimum atomic E-state index is -4.40. The molecule has 1 rings (SSSR count). The van der Waals surface area contributed by atoms with E-state index in [1.807, 2.05) is 6.92 Å². The number of halogens is 3. The molecule has 0 aliphatic rings. The van der Waals surface area contributed by atoms with Crippen LogP contribution >= 0.6 is 0 Å². The number of carbonyl (C=O) groups excluding carboxylic acids is 1. The molecule has 0 fully saturated rings. The fraction of sp³-hybridized carbons (Fsp3) is 0.364. The Morgan fingerprint density at radius 1 is 1.29 bits per heavy atom. The van der Waals surface area contributed by atoms with Crippen molar-refractivity contribution in [3.63, 3.8) is 0 Å². The zero-order valence-electron chi connectivity index (χ0n) is 9.17. The molecule has 1 amide bonds. The highest BCUT2D eigenvalue weighted by Crippen LogP contribution is 2.13. The lowest BCUT2D eigenvalue weighted by Gasteiger charge is -2.09. The second-order valence-corrected chi connectivity index (χ2v) is 3.49. The van der Waals surface area contributed by atoms with E-state index < -0.39 is 25.2 Å². The number of nitrogens with one attached hydrogen (secondary N) is 1. The van der Waals surface area contributed by atoms with E-state index in [2.05, 4.69) is 0 Å². The number of carbonyl (C=O) groups is 1. The highest BCUT2D eigenvalue weighted by atomic mass is 19.4. The third-order valence-corrected chi connectivity index (χ3v) is 1.88. The van der Waals surface area contributed by atoms with Gasteiger partial charge in [-0.15, -0.1) is 0 Å². The van der Waals surface area contributed by atoms with Crippen molar-refractivity contribution in [2.75, 3.05) is 13.2 Å². The number of hydrogen-bond donors (Lipinski definition) is 1. The molecule has 0 heterocycles. The number of hydrogen-bond acceptors (Lipinski definition) is 2. The van der Waals surface area contributed by atoms with Gasteiger partial charge in [-0.3, -0.25) is 4.79 Å². The van der Waals surface area contributed by atoms with Crippen LogP contribution < -0.4 is 10.1 Å². The van der Waals surface area contributed by atoms with Crippen LogP contribution in [0.2, 0.25) is 0 Å². The molecular formula is C11H12F3NO2. The largest absolute Gasteiger partial charge is 0.484 e. The van der Waals surface area contributed by atoms with Crippen LogP contribution in [0.15, 0.2) is 24.3 Å². The van der Waals surface area contributed by atoms with E-state index in [-0.39, 0.29) is 0 Å². The third-order valence-electron chi connectivity index (χ3n) is 1.88. The summed E-state index contributed by atoms with van der Waals surface area (Å²) in [5, 5.41) is 1.72. The molecule has 1 aromatic carbocycles. The Balaban J connectivity index is 2.31. The van der Waals surface area contributed by atoms with E-state index in [9.17, 15) is 18.0 Å². The number of ether oxygens (including phenoxy) is 1. The summed E-state index contributed by atoms with van der Waals surface area (Å²) in [5.41, 5.74) is 1.03. The van der Waals surface area contributed by atoms with Crippen LogP contribution in [-0.4, -0.2) is 25.2 Å². The summed E-state index contributed by atoms with van der Waals surface area (Å²) in [7, 11) is 0. The SMILES string of the molecule is Cc1ccc(OCC(=O)NCC(F)(F)F)cc1. The predicted molar refractivity (Wildman–Crippen MR) is 55.7 cm³/mol. The van der Waals surface area contributed by atoms with Crippen molar-refractivity contribution in [3.05, 3.63) is 29.8 Å². The Hall–Kier alpha value is -1.72. The Labute approximate surface area is 96.6 Å². The maximum absolute atomic E-state index is 11.8. The summed E-state index contributed by atoms with van der Waals surface area (Å²) < 4.78 is 40.3. The minimum absolute atomic E-state index is 0.431. The molecule has 1 aromatic rings. The van der Waals surface area contributed by atoms with Crippen LogP contribution in [0.1, 0.15) is 5.56 Å². The van der Waals surface area contributed by atoms with E-state index in [0.717, 1.165) is 5.56 Å². The number of aryl methyl sites for hydroxylation is 1. The van der Waals surface area contributed by atoms with Gasteiger partial charge in [0.15, 0.2) is 6.61 Å². The smallest absolute Gasteiger partial charge is 0.405 e. The van der Waals surface area contributed by atoms with Crippen LogP contribution in [0.5, 0.6) is 5.75 Å². The predicted octanol–water partition coefficient (Wildman–Crippen LogP) is 2.05. The highest BCUT2D eigenvalue weighted by molar-refractivity contribution is 5.77. The van der Waals surface area contributed by atoms with Crippen molar-refractivity contribution in [1.82, 2.24) is 5.32 Å². The van der Waals surface area contributed by atoms with Crippen molar-refractivity contribution in [2.24, 2.45) is 0 Å². The van der Waals surface area contributed by atoms with E-state index in [1.165, 1.54) is 0 Å². The molecule has 0 aliphatic carbocycles. The summed E-state index contributed by atoms with van der Waals surface area (Å²) in [5.74, 6) is -0.361. The van der Waals surface area contributed by atoms with E-state index in [4.69, 9.17) is 4.74 Å². The van der Waals surface area contributed by atoms with Crippen molar-refractivity contribution in [2.45, 2.75) is 13.1 Å². The Bertz CT molecular complexity index is 373. The van der Waals surface area contributed by atoms with Gasteiger partial charge < -0.3 is 10.1 Å². The molecule has 0 spiro atoms. The molecule has 0 saturated carbocycles. The molecule has 0 bridgehead atoms. The summed E-state index contributed by atoms with van der Waals surface area (Å²) in [6.07, 6.45) is -4.40. The monoisotopic (exact) mass is 247 g/mol.